The number of benzene rings is 1. The quantitative estimate of drug-likeness (QED) is 0.500. The van der Waals surface area contributed by atoms with E-state index in [4.69, 9.17) is 14.6 Å². The molecule has 2 N–H and O–H groups in total. The van der Waals surface area contributed by atoms with Crippen LogP contribution in [0, 0.1) is 0 Å². The number of hydrogen-bond acceptors (Lipinski definition) is 4. The summed E-state index contributed by atoms with van der Waals surface area (Å²) in [7, 11) is 1.65. The third-order valence-electron chi connectivity index (χ3n) is 2.68. The second kappa shape index (κ2) is 9.42. The molecule has 19 heavy (non-hydrogen) atoms. The number of aliphatic hydroxyl groups is 1. The molecule has 0 unspecified atom stereocenters. The van der Waals surface area contributed by atoms with Gasteiger partial charge in [0.15, 0.2) is 0 Å². The van der Waals surface area contributed by atoms with Crippen LogP contribution in [0.15, 0.2) is 30.9 Å². The zero-order chi connectivity index (χ0) is 13.9. The largest absolute Gasteiger partial charge is 0.497 e. The first kappa shape index (κ1) is 15.5. The van der Waals surface area contributed by atoms with Crippen molar-refractivity contribution in [1.82, 2.24) is 5.32 Å². The van der Waals surface area contributed by atoms with Crippen LogP contribution in [-0.4, -0.2) is 38.5 Å². The average Bonchev–Trinajstić information content (AvgIpc) is 2.44. The number of allylic oxidation sites excluding steroid dienone is 1. The molecule has 0 amide bonds. The predicted octanol–water partition coefficient (Wildman–Crippen LogP) is 1.77. The Kier molecular flexibility index (Phi) is 7.70. The number of nitrogens with one attached hydrogen (secondary N) is 1. The van der Waals surface area contributed by atoms with Gasteiger partial charge in [-0.2, -0.15) is 0 Å². The lowest BCUT2D eigenvalue weighted by Crippen LogP contribution is -2.20. The zero-order valence-corrected chi connectivity index (χ0v) is 11.5. The summed E-state index contributed by atoms with van der Waals surface area (Å²) >= 11 is 0. The van der Waals surface area contributed by atoms with Gasteiger partial charge < -0.3 is 19.9 Å². The lowest BCUT2D eigenvalue weighted by atomic mass is 10.1. The molecule has 1 aromatic rings. The number of aliphatic hydroxyl groups excluding tert-OH is 1. The van der Waals surface area contributed by atoms with E-state index in [2.05, 4.69) is 11.9 Å². The molecule has 0 spiro atoms. The number of hydrogen-bond donors (Lipinski definition) is 2. The van der Waals surface area contributed by atoms with Crippen molar-refractivity contribution in [1.29, 1.82) is 0 Å². The van der Waals surface area contributed by atoms with E-state index in [9.17, 15) is 0 Å². The van der Waals surface area contributed by atoms with Gasteiger partial charge in [0.05, 0.1) is 20.3 Å². The van der Waals surface area contributed by atoms with E-state index in [-0.39, 0.29) is 6.61 Å². The van der Waals surface area contributed by atoms with Gasteiger partial charge in [-0.1, -0.05) is 6.08 Å². The van der Waals surface area contributed by atoms with Gasteiger partial charge in [0, 0.05) is 12.1 Å². The molecule has 0 bridgehead atoms. The standard InChI is InChI=1S/C15H23NO3/c1-3-5-13-12-14(18-2)6-7-15(13)19-11-4-8-16-9-10-17/h3,6-7,12,16-17H,1,4-5,8-11H2,2H3. The van der Waals surface area contributed by atoms with Crippen LogP contribution >= 0.6 is 0 Å². The van der Waals surface area contributed by atoms with Crippen LogP contribution in [0.5, 0.6) is 11.5 Å². The van der Waals surface area contributed by atoms with E-state index in [0.717, 1.165) is 36.4 Å². The molecule has 0 atom stereocenters. The lowest BCUT2D eigenvalue weighted by Gasteiger charge is -2.12. The van der Waals surface area contributed by atoms with Gasteiger partial charge in [-0.15, -0.1) is 6.58 Å². The minimum Gasteiger partial charge on any atom is -0.497 e. The van der Waals surface area contributed by atoms with Crippen molar-refractivity contribution in [3.05, 3.63) is 36.4 Å². The Bertz CT molecular complexity index is 380. The second-order valence-electron chi connectivity index (χ2n) is 4.14. The number of ether oxygens (including phenoxy) is 2. The van der Waals surface area contributed by atoms with E-state index in [1.165, 1.54) is 0 Å². The van der Waals surface area contributed by atoms with Crippen molar-refractivity contribution in [2.45, 2.75) is 12.8 Å². The number of methoxy groups -OCH3 is 1. The Morgan fingerprint density at radius 2 is 2.21 bits per heavy atom. The van der Waals surface area contributed by atoms with Crippen LogP contribution in [0.1, 0.15) is 12.0 Å². The summed E-state index contributed by atoms with van der Waals surface area (Å²) in [6.45, 7) is 6.04. The van der Waals surface area contributed by atoms with E-state index in [1.807, 2.05) is 24.3 Å². The van der Waals surface area contributed by atoms with Gasteiger partial charge in [-0.05, 0) is 37.6 Å². The van der Waals surface area contributed by atoms with E-state index in [1.54, 1.807) is 7.11 Å². The van der Waals surface area contributed by atoms with Gasteiger partial charge in [0.25, 0.3) is 0 Å². The zero-order valence-electron chi connectivity index (χ0n) is 11.5. The van der Waals surface area contributed by atoms with E-state index >= 15 is 0 Å². The molecule has 0 radical (unpaired) electrons. The molecule has 0 saturated carbocycles. The van der Waals surface area contributed by atoms with Crippen LogP contribution in [0.4, 0.5) is 0 Å². The number of rotatable bonds is 10. The Morgan fingerprint density at radius 3 is 2.89 bits per heavy atom. The third kappa shape index (κ3) is 5.77. The maximum atomic E-state index is 8.63. The summed E-state index contributed by atoms with van der Waals surface area (Å²) in [6, 6.07) is 5.80. The molecular weight excluding hydrogens is 242 g/mol. The lowest BCUT2D eigenvalue weighted by molar-refractivity contribution is 0.281. The van der Waals surface area contributed by atoms with Gasteiger partial charge in [-0.25, -0.2) is 0 Å². The average molecular weight is 265 g/mol. The van der Waals surface area contributed by atoms with Gasteiger partial charge >= 0.3 is 0 Å². The minimum absolute atomic E-state index is 0.169. The van der Waals surface area contributed by atoms with Gasteiger partial charge in [0.2, 0.25) is 0 Å². The Labute approximate surface area is 115 Å². The molecule has 0 aliphatic carbocycles. The molecule has 0 saturated heterocycles. The fourth-order valence-corrected chi connectivity index (χ4v) is 1.72. The maximum absolute atomic E-state index is 8.63. The first-order valence-corrected chi connectivity index (χ1v) is 6.54. The fraction of sp³-hybridized carbons (Fsp3) is 0.467. The molecule has 0 aliphatic heterocycles. The van der Waals surface area contributed by atoms with Crippen molar-refractivity contribution in [2.24, 2.45) is 0 Å². The van der Waals surface area contributed by atoms with Crippen molar-refractivity contribution in [2.75, 3.05) is 33.4 Å². The first-order valence-electron chi connectivity index (χ1n) is 6.54. The summed E-state index contributed by atoms with van der Waals surface area (Å²) in [5, 5.41) is 11.7. The van der Waals surface area contributed by atoms with Crippen molar-refractivity contribution < 1.29 is 14.6 Å². The van der Waals surface area contributed by atoms with E-state index < -0.39 is 0 Å². The summed E-state index contributed by atoms with van der Waals surface area (Å²) in [4.78, 5) is 0. The van der Waals surface area contributed by atoms with Gasteiger partial charge in [-0.3, -0.25) is 0 Å². The molecular formula is C15H23NO3. The highest BCUT2D eigenvalue weighted by atomic mass is 16.5. The minimum atomic E-state index is 0.169. The molecule has 0 aromatic heterocycles. The fourth-order valence-electron chi connectivity index (χ4n) is 1.72. The van der Waals surface area contributed by atoms with Gasteiger partial charge in [0.1, 0.15) is 11.5 Å². The van der Waals surface area contributed by atoms with E-state index in [0.29, 0.717) is 13.2 Å². The summed E-state index contributed by atoms with van der Waals surface area (Å²) < 4.78 is 11.0. The Balaban J connectivity index is 2.45. The predicted molar refractivity (Wildman–Crippen MR) is 77.0 cm³/mol. The topological polar surface area (TPSA) is 50.7 Å². The summed E-state index contributed by atoms with van der Waals surface area (Å²) in [6.07, 6.45) is 3.51. The molecule has 106 valence electrons. The van der Waals surface area contributed by atoms with Crippen LogP contribution in [0.3, 0.4) is 0 Å². The molecule has 0 fully saturated rings. The molecule has 0 aliphatic rings. The Morgan fingerprint density at radius 1 is 1.37 bits per heavy atom. The highest BCUT2D eigenvalue weighted by Gasteiger charge is 2.04. The molecule has 0 heterocycles. The summed E-state index contributed by atoms with van der Waals surface area (Å²) in [5.74, 6) is 1.71. The third-order valence-corrected chi connectivity index (χ3v) is 2.68. The highest BCUT2D eigenvalue weighted by Crippen LogP contribution is 2.25. The van der Waals surface area contributed by atoms with Crippen molar-refractivity contribution in [3.8, 4) is 11.5 Å². The normalized spacial score (nSPS) is 10.2. The van der Waals surface area contributed by atoms with Crippen molar-refractivity contribution in [3.63, 3.8) is 0 Å². The Hall–Kier alpha value is -1.52. The molecule has 4 heteroatoms. The monoisotopic (exact) mass is 265 g/mol. The highest BCUT2D eigenvalue weighted by molar-refractivity contribution is 5.41. The molecule has 1 aromatic carbocycles. The maximum Gasteiger partial charge on any atom is 0.123 e. The molecule has 4 nitrogen and oxygen atoms in total. The SMILES string of the molecule is C=CCc1cc(OC)ccc1OCCCNCCO. The smallest absolute Gasteiger partial charge is 0.123 e. The first-order chi connectivity index (χ1) is 9.31. The molecule has 1 rings (SSSR count). The van der Waals surface area contributed by atoms with Crippen LogP contribution in [0.25, 0.3) is 0 Å². The van der Waals surface area contributed by atoms with Crippen LogP contribution in [0.2, 0.25) is 0 Å². The van der Waals surface area contributed by atoms with Crippen LogP contribution in [-0.2, 0) is 6.42 Å². The van der Waals surface area contributed by atoms with Crippen molar-refractivity contribution >= 4 is 0 Å². The summed E-state index contributed by atoms with van der Waals surface area (Å²) in [5.41, 5.74) is 1.08. The van der Waals surface area contributed by atoms with Crippen LogP contribution < -0.4 is 14.8 Å². The second-order valence-corrected chi connectivity index (χ2v) is 4.14.